The number of anilines is 1. The summed E-state index contributed by atoms with van der Waals surface area (Å²) in [5.74, 6) is 0.627. The summed E-state index contributed by atoms with van der Waals surface area (Å²) in [5, 5.41) is 0.560. The molecule has 0 spiro atoms. The Morgan fingerprint density at radius 2 is 2.25 bits per heavy atom. The Balaban J connectivity index is 2.23. The Morgan fingerprint density at radius 1 is 1.45 bits per heavy atom. The predicted octanol–water partition coefficient (Wildman–Crippen LogP) is 1.99. The number of hydrogen-bond acceptors (Lipinski definition) is 4. The maximum absolute atomic E-state index is 10.9. The highest BCUT2D eigenvalue weighted by Crippen LogP contribution is 2.37. The number of ether oxygens (including phenoxy) is 2. The first-order chi connectivity index (χ1) is 9.67. The molecule has 0 radical (unpaired) electrons. The van der Waals surface area contributed by atoms with Gasteiger partial charge in [0.15, 0.2) is 12.5 Å². The molecule has 5 nitrogen and oxygen atoms in total. The third-order valence-electron chi connectivity index (χ3n) is 3.38. The Bertz CT molecular complexity index is 470. The van der Waals surface area contributed by atoms with Crippen molar-refractivity contribution in [2.45, 2.75) is 13.0 Å². The highest BCUT2D eigenvalue weighted by atomic mass is 35.5. The smallest absolute Gasteiger partial charge is 0.209 e. The fraction of sp³-hybridized carbons (Fsp3) is 0.500. The van der Waals surface area contributed by atoms with Crippen molar-refractivity contribution in [3.63, 3.8) is 0 Å². The molecule has 0 aliphatic carbocycles. The molecule has 1 atom stereocenters. The fourth-order valence-electron chi connectivity index (χ4n) is 2.42. The summed E-state index contributed by atoms with van der Waals surface area (Å²) >= 11 is 6.21. The van der Waals surface area contributed by atoms with Crippen LogP contribution in [-0.2, 0) is 9.53 Å². The molecule has 0 saturated carbocycles. The van der Waals surface area contributed by atoms with Crippen molar-refractivity contribution in [1.82, 2.24) is 4.90 Å². The minimum atomic E-state index is 0.152. The van der Waals surface area contributed by atoms with Gasteiger partial charge in [-0.2, -0.15) is 0 Å². The standard InChI is InChI=1S/C14H19ClN2O3/c1-11-8-16(9-18)6-7-17(11)13-5-3-4-12(15)14(13)20-10-19-2/h3-5,9,11H,6-8,10H2,1-2H3/t11-/m0/s1. The van der Waals surface area contributed by atoms with E-state index in [1.807, 2.05) is 12.1 Å². The number of rotatable bonds is 5. The summed E-state index contributed by atoms with van der Waals surface area (Å²) in [4.78, 5) is 14.8. The van der Waals surface area contributed by atoms with Crippen molar-refractivity contribution < 1.29 is 14.3 Å². The SMILES string of the molecule is COCOc1c(Cl)cccc1N1CCN(C=O)C[C@@H]1C. The van der Waals surface area contributed by atoms with Gasteiger partial charge in [-0.1, -0.05) is 17.7 Å². The molecule has 2 rings (SSSR count). The van der Waals surface area contributed by atoms with Gasteiger partial charge in [0.1, 0.15) is 0 Å². The van der Waals surface area contributed by atoms with E-state index in [9.17, 15) is 4.79 Å². The van der Waals surface area contributed by atoms with Gasteiger partial charge in [-0.25, -0.2) is 0 Å². The highest BCUT2D eigenvalue weighted by Gasteiger charge is 2.26. The number of hydrogen-bond donors (Lipinski definition) is 0. The average molecular weight is 299 g/mol. The van der Waals surface area contributed by atoms with Crippen LogP contribution >= 0.6 is 11.6 Å². The maximum Gasteiger partial charge on any atom is 0.209 e. The van der Waals surface area contributed by atoms with Gasteiger partial charge in [-0.15, -0.1) is 0 Å². The molecular weight excluding hydrogens is 280 g/mol. The van der Waals surface area contributed by atoms with E-state index in [4.69, 9.17) is 21.1 Å². The van der Waals surface area contributed by atoms with Crippen LogP contribution in [0.3, 0.4) is 0 Å². The number of methoxy groups -OCH3 is 1. The Labute approximate surface area is 124 Å². The van der Waals surface area contributed by atoms with Gasteiger partial charge in [-0.05, 0) is 19.1 Å². The molecule has 1 saturated heterocycles. The van der Waals surface area contributed by atoms with Crippen LogP contribution in [0.1, 0.15) is 6.92 Å². The van der Waals surface area contributed by atoms with Gasteiger partial charge < -0.3 is 19.3 Å². The van der Waals surface area contributed by atoms with E-state index in [0.29, 0.717) is 23.9 Å². The topological polar surface area (TPSA) is 42.0 Å². The second-order valence-corrected chi connectivity index (χ2v) is 5.19. The molecule has 6 heteroatoms. The molecule has 1 fully saturated rings. The van der Waals surface area contributed by atoms with Crippen molar-refractivity contribution in [2.24, 2.45) is 0 Å². The zero-order valence-corrected chi connectivity index (χ0v) is 12.5. The number of amides is 1. The second-order valence-electron chi connectivity index (χ2n) is 4.78. The largest absolute Gasteiger partial charge is 0.464 e. The van der Waals surface area contributed by atoms with E-state index in [-0.39, 0.29) is 12.8 Å². The third-order valence-corrected chi connectivity index (χ3v) is 3.68. The van der Waals surface area contributed by atoms with Gasteiger partial charge in [0.05, 0.1) is 10.7 Å². The van der Waals surface area contributed by atoms with Crippen LogP contribution in [0.4, 0.5) is 5.69 Å². The zero-order chi connectivity index (χ0) is 14.5. The summed E-state index contributed by atoms with van der Waals surface area (Å²) in [6, 6.07) is 5.87. The van der Waals surface area contributed by atoms with E-state index in [1.54, 1.807) is 18.1 Å². The summed E-state index contributed by atoms with van der Waals surface area (Å²) in [7, 11) is 1.57. The van der Waals surface area contributed by atoms with Crippen LogP contribution in [0.2, 0.25) is 5.02 Å². The third kappa shape index (κ3) is 3.16. The number of nitrogens with zero attached hydrogens (tertiary/aromatic N) is 2. The lowest BCUT2D eigenvalue weighted by atomic mass is 10.1. The van der Waals surface area contributed by atoms with Crippen molar-refractivity contribution in [3.8, 4) is 5.75 Å². The van der Waals surface area contributed by atoms with Crippen LogP contribution in [0, 0.1) is 0 Å². The number of carbonyl (C=O) groups is 1. The monoisotopic (exact) mass is 298 g/mol. The number of benzene rings is 1. The predicted molar refractivity (Wildman–Crippen MR) is 78.4 cm³/mol. The van der Waals surface area contributed by atoms with Gasteiger partial charge in [0.2, 0.25) is 6.41 Å². The van der Waals surface area contributed by atoms with E-state index in [1.165, 1.54) is 0 Å². The zero-order valence-electron chi connectivity index (χ0n) is 11.7. The van der Waals surface area contributed by atoms with Gasteiger partial charge >= 0.3 is 0 Å². The lowest BCUT2D eigenvalue weighted by molar-refractivity contribution is -0.118. The Kier molecular flexibility index (Phi) is 5.09. The molecule has 0 bridgehead atoms. The van der Waals surface area contributed by atoms with Crippen LogP contribution in [0.25, 0.3) is 0 Å². The normalized spacial score (nSPS) is 19.1. The molecule has 0 aromatic heterocycles. The molecule has 0 N–H and O–H groups in total. The molecule has 1 aromatic rings. The minimum Gasteiger partial charge on any atom is -0.464 e. The average Bonchev–Trinajstić information content (AvgIpc) is 2.46. The van der Waals surface area contributed by atoms with Gasteiger partial charge in [-0.3, -0.25) is 4.79 Å². The van der Waals surface area contributed by atoms with Crippen LogP contribution in [0.5, 0.6) is 5.75 Å². The Hall–Kier alpha value is -1.46. The first-order valence-corrected chi connectivity index (χ1v) is 6.91. The van der Waals surface area contributed by atoms with Crippen molar-refractivity contribution >= 4 is 23.7 Å². The summed E-state index contributed by atoms with van der Waals surface area (Å²) in [5.41, 5.74) is 0.938. The number of para-hydroxylation sites is 1. The summed E-state index contributed by atoms with van der Waals surface area (Å²) < 4.78 is 10.5. The van der Waals surface area contributed by atoms with E-state index < -0.39 is 0 Å². The molecule has 1 amide bonds. The number of halogens is 1. The number of piperazine rings is 1. The maximum atomic E-state index is 10.9. The second kappa shape index (κ2) is 6.81. The van der Waals surface area contributed by atoms with E-state index in [0.717, 1.165) is 18.6 Å². The van der Waals surface area contributed by atoms with Crippen LogP contribution in [-0.4, -0.2) is 50.9 Å². The molecule has 1 aromatic carbocycles. The van der Waals surface area contributed by atoms with Gasteiger partial charge in [0.25, 0.3) is 0 Å². The molecule has 1 heterocycles. The van der Waals surface area contributed by atoms with E-state index in [2.05, 4.69) is 11.8 Å². The quantitative estimate of drug-likeness (QED) is 0.616. The lowest BCUT2D eigenvalue weighted by Crippen LogP contribution is -2.51. The summed E-state index contributed by atoms with van der Waals surface area (Å²) in [6.07, 6.45) is 0.897. The first-order valence-electron chi connectivity index (χ1n) is 6.53. The molecule has 0 unspecified atom stereocenters. The first kappa shape index (κ1) is 14.9. The van der Waals surface area contributed by atoms with E-state index >= 15 is 0 Å². The minimum absolute atomic E-state index is 0.152. The fourth-order valence-corrected chi connectivity index (χ4v) is 2.65. The van der Waals surface area contributed by atoms with Crippen molar-refractivity contribution in [3.05, 3.63) is 23.2 Å². The molecule has 1 aliphatic heterocycles. The van der Waals surface area contributed by atoms with Gasteiger partial charge in [0, 0.05) is 32.8 Å². The number of carbonyl (C=O) groups excluding carboxylic acids is 1. The van der Waals surface area contributed by atoms with Crippen molar-refractivity contribution in [1.29, 1.82) is 0 Å². The molecule has 20 heavy (non-hydrogen) atoms. The highest BCUT2D eigenvalue weighted by molar-refractivity contribution is 6.32. The molecule has 1 aliphatic rings. The molecule has 110 valence electrons. The van der Waals surface area contributed by atoms with Crippen LogP contribution in [0.15, 0.2) is 18.2 Å². The van der Waals surface area contributed by atoms with Crippen LogP contribution < -0.4 is 9.64 Å². The molecular formula is C14H19ClN2O3. The lowest BCUT2D eigenvalue weighted by Gasteiger charge is -2.40. The Morgan fingerprint density at radius 3 is 2.90 bits per heavy atom. The van der Waals surface area contributed by atoms with Crippen molar-refractivity contribution in [2.75, 3.05) is 38.4 Å². The summed E-state index contributed by atoms with van der Waals surface area (Å²) in [6.45, 7) is 4.38.